The molecular formula is C10H16N4. The summed E-state index contributed by atoms with van der Waals surface area (Å²) in [5.41, 5.74) is 2.55. The van der Waals surface area contributed by atoms with Gasteiger partial charge in [0.1, 0.15) is 12.1 Å². The van der Waals surface area contributed by atoms with Crippen molar-refractivity contribution < 1.29 is 0 Å². The van der Waals surface area contributed by atoms with Gasteiger partial charge in [0.2, 0.25) is 0 Å². The summed E-state index contributed by atoms with van der Waals surface area (Å²) in [6.45, 7) is 1.87. The fourth-order valence-corrected chi connectivity index (χ4v) is 1.82. The number of nitrogens with one attached hydrogen (secondary N) is 2. The highest BCUT2D eigenvalue weighted by atomic mass is 15.0. The van der Waals surface area contributed by atoms with Crippen LogP contribution in [0, 0.1) is 0 Å². The van der Waals surface area contributed by atoms with Crippen LogP contribution in [0.25, 0.3) is 0 Å². The Bertz CT molecular complexity index is 311. The van der Waals surface area contributed by atoms with Crippen molar-refractivity contribution in [1.29, 1.82) is 0 Å². The standard InChI is InChI=1S/C10H16N4/c1-11-5-6-12-10-8-3-2-4-9(8)13-7-14-10/h7,11H,2-6H2,1H3,(H,12,13,14). The molecular weight excluding hydrogens is 176 g/mol. The second-order valence-corrected chi connectivity index (χ2v) is 3.53. The maximum atomic E-state index is 4.28. The molecule has 14 heavy (non-hydrogen) atoms. The molecule has 0 unspecified atom stereocenters. The number of aromatic nitrogens is 2. The number of aryl methyl sites for hydroxylation is 1. The summed E-state index contributed by atoms with van der Waals surface area (Å²) < 4.78 is 0. The molecule has 1 aromatic heterocycles. The molecule has 1 aromatic rings. The number of nitrogens with zero attached hydrogens (tertiary/aromatic N) is 2. The van der Waals surface area contributed by atoms with Crippen molar-refractivity contribution in [2.75, 3.05) is 25.5 Å². The second kappa shape index (κ2) is 4.37. The minimum absolute atomic E-state index is 0.917. The highest BCUT2D eigenvalue weighted by molar-refractivity contribution is 5.47. The molecule has 0 saturated heterocycles. The zero-order valence-corrected chi connectivity index (χ0v) is 8.51. The number of anilines is 1. The van der Waals surface area contributed by atoms with Gasteiger partial charge < -0.3 is 10.6 Å². The first-order chi connectivity index (χ1) is 6.92. The first-order valence-electron chi connectivity index (χ1n) is 5.13. The molecule has 2 rings (SSSR count). The SMILES string of the molecule is CNCCNc1ncnc2c1CCC2. The zero-order chi connectivity index (χ0) is 9.80. The number of hydrogen-bond donors (Lipinski definition) is 2. The summed E-state index contributed by atoms with van der Waals surface area (Å²) in [5.74, 6) is 1.03. The largest absolute Gasteiger partial charge is 0.368 e. The van der Waals surface area contributed by atoms with E-state index in [4.69, 9.17) is 0 Å². The van der Waals surface area contributed by atoms with Crippen LogP contribution in [-0.2, 0) is 12.8 Å². The Kier molecular flexibility index (Phi) is 2.93. The molecule has 1 aliphatic rings. The third-order valence-corrected chi connectivity index (χ3v) is 2.54. The van der Waals surface area contributed by atoms with Gasteiger partial charge in [-0.3, -0.25) is 0 Å². The lowest BCUT2D eigenvalue weighted by Crippen LogP contribution is -2.19. The van der Waals surface area contributed by atoms with Crippen molar-refractivity contribution in [3.63, 3.8) is 0 Å². The van der Waals surface area contributed by atoms with E-state index >= 15 is 0 Å². The van der Waals surface area contributed by atoms with Crippen LogP contribution in [0.1, 0.15) is 17.7 Å². The van der Waals surface area contributed by atoms with E-state index in [2.05, 4.69) is 20.6 Å². The van der Waals surface area contributed by atoms with Crippen LogP contribution in [0.5, 0.6) is 0 Å². The second-order valence-electron chi connectivity index (χ2n) is 3.53. The van der Waals surface area contributed by atoms with E-state index in [1.54, 1.807) is 6.33 Å². The molecule has 0 atom stereocenters. The van der Waals surface area contributed by atoms with Crippen LogP contribution >= 0.6 is 0 Å². The van der Waals surface area contributed by atoms with Gasteiger partial charge in [0.15, 0.2) is 0 Å². The molecule has 1 heterocycles. The molecule has 0 amide bonds. The lowest BCUT2D eigenvalue weighted by Gasteiger charge is -2.08. The van der Waals surface area contributed by atoms with E-state index in [1.807, 2.05) is 7.05 Å². The van der Waals surface area contributed by atoms with Gasteiger partial charge in [-0.15, -0.1) is 0 Å². The van der Waals surface area contributed by atoms with Crippen molar-refractivity contribution in [3.8, 4) is 0 Å². The van der Waals surface area contributed by atoms with E-state index in [1.165, 1.54) is 17.7 Å². The zero-order valence-electron chi connectivity index (χ0n) is 8.51. The van der Waals surface area contributed by atoms with Crippen LogP contribution < -0.4 is 10.6 Å². The number of hydrogen-bond acceptors (Lipinski definition) is 4. The molecule has 2 N–H and O–H groups in total. The first-order valence-corrected chi connectivity index (χ1v) is 5.13. The van der Waals surface area contributed by atoms with Gasteiger partial charge in [-0.05, 0) is 26.3 Å². The van der Waals surface area contributed by atoms with Crippen LogP contribution in [0.4, 0.5) is 5.82 Å². The summed E-state index contributed by atoms with van der Waals surface area (Å²) in [6.07, 6.45) is 5.11. The van der Waals surface area contributed by atoms with Gasteiger partial charge in [-0.1, -0.05) is 0 Å². The van der Waals surface area contributed by atoms with E-state index in [9.17, 15) is 0 Å². The maximum Gasteiger partial charge on any atom is 0.132 e. The van der Waals surface area contributed by atoms with Crippen LogP contribution in [0.15, 0.2) is 6.33 Å². The monoisotopic (exact) mass is 192 g/mol. The molecule has 0 saturated carbocycles. The minimum atomic E-state index is 0.917. The highest BCUT2D eigenvalue weighted by Gasteiger charge is 2.16. The number of fused-ring (bicyclic) bond motifs is 1. The van der Waals surface area contributed by atoms with Crippen LogP contribution in [-0.4, -0.2) is 30.1 Å². The smallest absolute Gasteiger partial charge is 0.132 e. The van der Waals surface area contributed by atoms with E-state index < -0.39 is 0 Å². The topological polar surface area (TPSA) is 49.8 Å². The normalized spacial score (nSPS) is 14.1. The third kappa shape index (κ3) is 1.85. The van der Waals surface area contributed by atoms with Crippen LogP contribution in [0.3, 0.4) is 0 Å². The van der Waals surface area contributed by atoms with Crippen molar-refractivity contribution >= 4 is 5.82 Å². The number of likely N-dealkylation sites (N-methyl/N-ethyl adjacent to an activating group) is 1. The Morgan fingerprint density at radius 2 is 2.21 bits per heavy atom. The fourth-order valence-electron chi connectivity index (χ4n) is 1.82. The third-order valence-electron chi connectivity index (χ3n) is 2.54. The fraction of sp³-hybridized carbons (Fsp3) is 0.600. The first kappa shape index (κ1) is 9.40. The minimum Gasteiger partial charge on any atom is -0.368 e. The lowest BCUT2D eigenvalue weighted by atomic mass is 10.2. The molecule has 0 aliphatic heterocycles. The van der Waals surface area contributed by atoms with Gasteiger partial charge in [0.25, 0.3) is 0 Å². The molecule has 4 heteroatoms. The highest BCUT2D eigenvalue weighted by Crippen LogP contribution is 2.24. The van der Waals surface area contributed by atoms with Crippen LogP contribution in [0.2, 0.25) is 0 Å². The van der Waals surface area contributed by atoms with Gasteiger partial charge in [0.05, 0.1) is 0 Å². The average Bonchev–Trinajstić information content (AvgIpc) is 2.67. The molecule has 0 radical (unpaired) electrons. The Morgan fingerprint density at radius 1 is 1.29 bits per heavy atom. The summed E-state index contributed by atoms with van der Waals surface area (Å²) in [5, 5.41) is 6.43. The van der Waals surface area contributed by atoms with Gasteiger partial charge in [-0.25, -0.2) is 9.97 Å². The molecule has 0 aromatic carbocycles. The average molecular weight is 192 g/mol. The Balaban J connectivity index is 2.06. The molecule has 4 nitrogen and oxygen atoms in total. The molecule has 0 fully saturated rings. The molecule has 76 valence electrons. The molecule has 1 aliphatic carbocycles. The Labute approximate surface area is 84.2 Å². The van der Waals surface area contributed by atoms with Crippen molar-refractivity contribution in [3.05, 3.63) is 17.6 Å². The predicted octanol–water partition coefficient (Wildman–Crippen LogP) is 0.597. The summed E-state index contributed by atoms with van der Waals surface area (Å²) in [4.78, 5) is 8.55. The Morgan fingerprint density at radius 3 is 3.07 bits per heavy atom. The number of rotatable bonds is 4. The van der Waals surface area contributed by atoms with Crippen molar-refractivity contribution in [2.45, 2.75) is 19.3 Å². The lowest BCUT2D eigenvalue weighted by molar-refractivity contribution is 0.819. The Hall–Kier alpha value is -1.16. The van der Waals surface area contributed by atoms with E-state index in [0.29, 0.717) is 0 Å². The van der Waals surface area contributed by atoms with Gasteiger partial charge in [0, 0.05) is 24.3 Å². The maximum absolute atomic E-state index is 4.28. The molecule has 0 spiro atoms. The predicted molar refractivity (Wildman–Crippen MR) is 56.5 cm³/mol. The summed E-state index contributed by atoms with van der Waals surface area (Å²) >= 11 is 0. The van der Waals surface area contributed by atoms with E-state index in [0.717, 1.165) is 31.7 Å². The summed E-state index contributed by atoms with van der Waals surface area (Å²) in [6, 6.07) is 0. The van der Waals surface area contributed by atoms with E-state index in [-0.39, 0.29) is 0 Å². The molecule has 0 bridgehead atoms. The van der Waals surface area contributed by atoms with Crippen molar-refractivity contribution in [2.24, 2.45) is 0 Å². The quantitative estimate of drug-likeness (QED) is 0.686. The summed E-state index contributed by atoms with van der Waals surface area (Å²) in [7, 11) is 1.95. The van der Waals surface area contributed by atoms with Crippen molar-refractivity contribution in [1.82, 2.24) is 15.3 Å². The van der Waals surface area contributed by atoms with Gasteiger partial charge in [-0.2, -0.15) is 0 Å². The van der Waals surface area contributed by atoms with Gasteiger partial charge >= 0.3 is 0 Å².